The molecule has 0 radical (unpaired) electrons. The van der Waals surface area contributed by atoms with Gasteiger partial charge in [0.25, 0.3) is 0 Å². The average Bonchev–Trinajstić information content (AvgIpc) is 3.04. The summed E-state index contributed by atoms with van der Waals surface area (Å²) in [5.74, 6) is 0. The first-order valence-electron chi connectivity index (χ1n) is 7.14. The van der Waals surface area contributed by atoms with Crippen molar-refractivity contribution in [3.05, 3.63) is 22.4 Å². The lowest BCUT2D eigenvalue weighted by atomic mass is 9.76. The van der Waals surface area contributed by atoms with Gasteiger partial charge >= 0.3 is 0 Å². The van der Waals surface area contributed by atoms with Crippen molar-refractivity contribution in [2.45, 2.75) is 31.9 Å². The summed E-state index contributed by atoms with van der Waals surface area (Å²) in [4.78, 5) is 2.58. The number of likely N-dealkylation sites (tertiary alicyclic amines) is 1. The molecule has 1 atom stereocenters. The minimum absolute atomic E-state index is 0.327. The van der Waals surface area contributed by atoms with E-state index in [0.29, 0.717) is 11.5 Å². The van der Waals surface area contributed by atoms with Crippen LogP contribution in [0.25, 0.3) is 0 Å². The minimum atomic E-state index is 0.327. The van der Waals surface area contributed by atoms with E-state index in [0.717, 1.165) is 19.8 Å². The summed E-state index contributed by atoms with van der Waals surface area (Å²) >= 11 is 1.79. The van der Waals surface area contributed by atoms with Crippen LogP contribution in [0.2, 0.25) is 0 Å². The molecule has 4 heteroatoms. The third-order valence-electron chi connectivity index (χ3n) is 4.54. The second-order valence-corrected chi connectivity index (χ2v) is 6.78. The van der Waals surface area contributed by atoms with E-state index in [2.05, 4.69) is 21.7 Å². The van der Waals surface area contributed by atoms with Crippen molar-refractivity contribution in [1.29, 1.82) is 0 Å². The number of thiophene rings is 1. The largest absolute Gasteiger partial charge is 0.382 e. The lowest BCUT2D eigenvalue weighted by molar-refractivity contribution is 0.0284. The fraction of sp³-hybridized carbons (Fsp3) is 0.733. The molecular weight excluding hydrogens is 258 g/mol. The van der Waals surface area contributed by atoms with E-state index in [9.17, 15) is 0 Å². The molecule has 1 spiro atoms. The molecule has 1 aromatic rings. The Morgan fingerprint density at radius 2 is 2.32 bits per heavy atom. The standard InChI is InChI=1S/C15H23NO2S/c1-17-10-14-8-15(12-18-14)3-5-16(6-4-15)9-13-2-7-19-11-13/h2,7,11,14H,3-6,8-10,12H2,1H3/t14-/m1/s1. The Balaban J connectivity index is 1.49. The topological polar surface area (TPSA) is 21.7 Å². The number of hydrogen-bond acceptors (Lipinski definition) is 4. The van der Waals surface area contributed by atoms with E-state index in [1.807, 2.05) is 0 Å². The first-order valence-corrected chi connectivity index (χ1v) is 8.08. The molecule has 0 bridgehead atoms. The first-order chi connectivity index (χ1) is 9.30. The van der Waals surface area contributed by atoms with Crippen molar-refractivity contribution in [1.82, 2.24) is 4.90 Å². The van der Waals surface area contributed by atoms with Crippen LogP contribution >= 0.6 is 11.3 Å². The molecule has 0 aromatic carbocycles. The van der Waals surface area contributed by atoms with Crippen LogP contribution in [0.4, 0.5) is 0 Å². The van der Waals surface area contributed by atoms with E-state index >= 15 is 0 Å². The van der Waals surface area contributed by atoms with Crippen molar-refractivity contribution >= 4 is 11.3 Å². The summed E-state index contributed by atoms with van der Waals surface area (Å²) in [6.45, 7) is 5.22. The number of piperidine rings is 1. The lowest BCUT2D eigenvalue weighted by Gasteiger charge is -2.38. The highest BCUT2D eigenvalue weighted by molar-refractivity contribution is 7.07. The van der Waals surface area contributed by atoms with Crippen LogP contribution in [0.15, 0.2) is 16.8 Å². The van der Waals surface area contributed by atoms with Crippen LogP contribution in [0, 0.1) is 5.41 Å². The van der Waals surface area contributed by atoms with Gasteiger partial charge in [0.05, 0.1) is 19.3 Å². The molecule has 0 saturated carbocycles. The van der Waals surface area contributed by atoms with Crippen molar-refractivity contribution in [2.24, 2.45) is 5.41 Å². The Bertz CT molecular complexity index is 385. The molecule has 2 fully saturated rings. The fourth-order valence-corrected chi connectivity index (χ4v) is 4.02. The molecule has 3 rings (SSSR count). The van der Waals surface area contributed by atoms with E-state index in [4.69, 9.17) is 9.47 Å². The monoisotopic (exact) mass is 281 g/mol. The molecule has 2 aliphatic heterocycles. The van der Waals surface area contributed by atoms with Gasteiger partial charge in [-0.2, -0.15) is 11.3 Å². The van der Waals surface area contributed by atoms with Crippen LogP contribution in [-0.2, 0) is 16.0 Å². The second-order valence-electron chi connectivity index (χ2n) is 6.00. The minimum Gasteiger partial charge on any atom is -0.382 e. The van der Waals surface area contributed by atoms with E-state index in [1.165, 1.54) is 37.9 Å². The van der Waals surface area contributed by atoms with E-state index in [1.54, 1.807) is 18.4 Å². The van der Waals surface area contributed by atoms with Gasteiger partial charge in [0.15, 0.2) is 0 Å². The van der Waals surface area contributed by atoms with Gasteiger partial charge in [-0.05, 0) is 60.2 Å². The molecule has 106 valence electrons. The Hall–Kier alpha value is -0.420. The van der Waals surface area contributed by atoms with Crippen LogP contribution in [0.3, 0.4) is 0 Å². The number of nitrogens with zero attached hydrogens (tertiary/aromatic N) is 1. The van der Waals surface area contributed by atoms with Gasteiger partial charge in [-0.25, -0.2) is 0 Å². The molecule has 3 heterocycles. The summed E-state index contributed by atoms with van der Waals surface area (Å²) in [7, 11) is 1.76. The summed E-state index contributed by atoms with van der Waals surface area (Å²) in [6, 6.07) is 2.24. The summed E-state index contributed by atoms with van der Waals surface area (Å²) in [5, 5.41) is 4.43. The molecular formula is C15H23NO2S. The van der Waals surface area contributed by atoms with Crippen LogP contribution < -0.4 is 0 Å². The quantitative estimate of drug-likeness (QED) is 0.847. The number of methoxy groups -OCH3 is 1. The Kier molecular flexibility index (Phi) is 4.22. The Labute approximate surface area is 119 Å². The Morgan fingerprint density at radius 3 is 3.00 bits per heavy atom. The maximum Gasteiger partial charge on any atom is 0.0814 e. The lowest BCUT2D eigenvalue weighted by Crippen LogP contribution is -2.40. The average molecular weight is 281 g/mol. The number of ether oxygens (including phenoxy) is 2. The molecule has 0 unspecified atom stereocenters. The fourth-order valence-electron chi connectivity index (χ4n) is 3.36. The maximum absolute atomic E-state index is 5.89. The van der Waals surface area contributed by atoms with Crippen molar-refractivity contribution in [3.8, 4) is 0 Å². The highest BCUT2D eigenvalue weighted by atomic mass is 32.1. The predicted molar refractivity (Wildman–Crippen MR) is 77.5 cm³/mol. The van der Waals surface area contributed by atoms with Gasteiger partial charge < -0.3 is 9.47 Å². The Morgan fingerprint density at radius 1 is 1.47 bits per heavy atom. The smallest absolute Gasteiger partial charge is 0.0814 e. The number of rotatable bonds is 4. The second kappa shape index (κ2) is 5.92. The zero-order valence-corrected chi connectivity index (χ0v) is 12.5. The van der Waals surface area contributed by atoms with Gasteiger partial charge in [0, 0.05) is 13.7 Å². The molecule has 2 saturated heterocycles. The predicted octanol–water partition coefficient (Wildman–Crippen LogP) is 2.77. The van der Waals surface area contributed by atoms with Gasteiger partial charge in [0.2, 0.25) is 0 Å². The first kappa shape index (κ1) is 13.6. The zero-order valence-electron chi connectivity index (χ0n) is 11.6. The third kappa shape index (κ3) is 3.19. The maximum atomic E-state index is 5.89. The molecule has 0 amide bonds. The van der Waals surface area contributed by atoms with Gasteiger partial charge in [0.1, 0.15) is 0 Å². The molecule has 0 N–H and O–H groups in total. The van der Waals surface area contributed by atoms with Gasteiger partial charge in [-0.1, -0.05) is 0 Å². The van der Waals surface area contributed by atoms with Crippen LogP contribution in [-0.4, -0.2) is 44.4 Å². The SMILES string of the molecule is COC[C@H]1CC2(CCN(Cc3ccsc3)CC2)CO1. The molecule has 2 aliphatic rings. The van der Waals surface area contributed by atoms with Gasteiger partial charge in [-0.3, -0.25) is 4.90 Å². The highest BCUT2D eigenvalue weighted by Crippen LogP contribution is 2.42. The van der Waals surface area contributed by atoms with E-state index < -0.39 is 0 Å². The summed E-state index contributed by atoms with van der Waals surface area (Å²) in [6.07, 6.45) is 4.07. The van der Waals surface area contributed by atoms with Crippen molar-refractivity contribution < 1.29 is 9.47 Å². The number of hydrogen-bond donors (Lipinski definition) is 0. The highest BCUT2D eigenvalue weighted by Gasteiger charge is 2.42. The van der Waals surface area contributed by atoms with Crippen LogP contribution in [0.1, 0.15) is 24.8 Å². The zero-order chi connectivity index (χ0) is 13.1. The molecule has 1 aromatic heterocycles. The third-order valence-corrected chi connectivity index (χ3v) is 5.27. The van der Waals surface area contributed by atoms with E-state index in [-0.39, 0.29) is 0 Å². The molecule has 0 aliphatic carbocycles. The summed E-state index contributed by atoms with van der Waals surface area (Å²) < 4.78 is 11.1. The van der Waals surface area contributed by atoms with Crippen molar-refractivity contribution in [2.75, 3.05) is 33.4 Å². The molecule has 3 nitrogen and oxygen atoms in total. The van der Waals surface area contributed by atoms with Crippen molar-refractivity contribution in [3.63, 3.8) is 0 Å². The van der Waals surface area contributed by atoms with Crippen LogP contribution in [0.5, 0.6) is 0 Å². The van der Waals surface area contributed by atoms with Gasteiger partial charge in [-0.15, -0.1) is 0 Å². The molecule has 19 heavy (non-hydrogen) atoms. The normalized spacial score (nSPS) is 27.1. The summed E-state index contributed by atoms with van der Waals surface area (Å²) in [5.41, 5.74) is 1.90.